The normalized spacial score (nSPS) is 16.1. The Balaban J connectivity index is 1.44. The number of para-hydroxylation sites is 2. The van der Waals surface area contributed by atoms with E-state index >= 15 is 0 Å². The lowest BCUT2D eigenvalue weighted by atomic mass is 9.71. The zero-order valence-corrected chi connectivity index (χ0v) is 27.2. The lowest BCUT2D eigenvalue weighted by Gasteiger charge is -2.44. The maximum atomic E-state index is 13.2. The van der Waals surface area contributed by atoms with E-state index in [1.54, 1.807) is 12.1 Å². The smallest absolute Gasteiger partial charge is 0.197 e. The monoisotopic (exact) mass is 589 g/mol. The van der Waals surface area contributed by atoms with E-state index in [-0.39, 0.29) is 22.6 Å². The first-order valence-electron chi connectivity index (χ1n) is 16.0. The van der Waals surface area contributed by atoms with Gasteiger partial charge in [-0.1, -0.05) is 114 Å². The number of allylic oxidation sites excluding steroid dienone is 1. The van der Waals surface area contributed by atoms with Crippen molar-refractivity contribution in [3.05, 3.63) is 141 Å². The standard InChI is InChI=1S/C42H39NO2/c1-24(2)29-11-10-12-30(25(3)4)39(29)43-36-14-9-8-13-35(36)42(6,7)38-31-19-16-27(22-28(31)17-20-37(38)43)23-34-40(44)32-18-15-26(5)21-33(32)41(34)45/h8-25H,1-7H3/b34-23-. The van der Waals surface area contributed by atoms with E-state index in [2.05, 4.69) is 113 Å². The highest BCUT2D eigenvalue weighted by atomic mass is 16.2. The van der Waals surface area contributed by atoms with Gasteiger partial charge >= 0.3 is 0 Å². The Kier molecular flexibility index (Phi) is 6.70. The van der Waals surface area contributed by atoms with Crippen molar-refractivity contribution in [2.75, 3.05) is 4.90 Å². The highest BCUT2D eigenvalue weighted by Crippen LogP contribution is 2.56. The van der Waals surface area contributed by atoms with Gasteiger partial charge < -0.3 is 4.90 Å². The van der Waals surface area contributed by atoms with Crippen molar-refractivity contribution in [1.82, 2.24) is 0 Å². The maximum Gasteiger partial charge on any atom is 0.197 e. The fourth-order valence-corrected chi connectivity index (χ4v) is 7.48. The van der Waals surface area contributed by atoms with E-state index in [1.165, 1.54) is 44.7 Å². The van der Waals surface area contributed by atoms with E-state index in [4.69, 9.17) is 0 Å². The minimum atomic E-state index is -0.260. The summed E-state index contributed by atoms with van der Waals surface area (Å²) < 4.78 is 0. The van der Waals surface area contributed by atoms with Crippen LogP contribution in [0.25, 0.3) is 16.8 Å². The van der Waals surface area contributed by atoms with Crippen LogP contribution in [0.15, 0.2) is 96.6 Å². The molecule has 0 bridgehead atoms. The largest absolute Gasteiger partial charge is 0.309 e. The number of anilines is 3. The zero-order valence-electron chi connectivity index (χ0n) is 27.2. The van der Waals surface area contributed by atoms with E-state index in [0.29, 0.717) is 23.0 Å². The first-order valence-corrected chi connectivity index (χ1v) is 16.0. The summed E-state index contributed by atoms with van der Waals surface area (Å²) in [5.74, 6) is 0.328. The fraction of sp³-hybridized carbons (Fsp3) is 0.238. The SMILES string of the molecule is Cc1ccc2c(c1)C(=O)/C(=C\c1ccc3c4c(ccc3c1)N(c1c(C(C)C)cccc1C(C)C)c1ccccc1C4(C)C)C2=O. The summed E-state index contributed by atoms with van der Waals surface area (Å²) in [4.78, 5) is 29.0. The Morgan fingerprint density at radius 2 is 1.38 bits per heavy atom. The summed E-state index contributed by atoms with van der Waals surface area (Å²) in [6, 6.07) is 31.8. The van der Waals surface area contributed by atoms with Gasteiger partial charge in [-0.15, -0.1) is 0 Å². The van der Waals surface area contributed by atoms with Crippen LogP contribution in [0.1, 0.15) is 107 Å². The number of rotatable bonds is 4. The van der Waals surface area contributed by atoms with Crippen LogP contribution in [-0.4, -0.2) is 11.6 Å². The topological polar surface area (TPSA) is 37.4 Å². The molecule has 3 heteroatoms. The van der Waals surface area contributed by atoms with Crippen LogP contribution in [0.5, 0.6) is 0 Å². The van der Waals surface area contributed by atoms with Gasteiger partial charge in [0.2, 0.25) is 0 Å². The summed E-state index contributed by atoms with van der Waals surface area (Å²) in [6.07, 6.45) is 1.76. The van der Waals surface area contributed by atoms with Crippen LogP contribution < -0.4 is 4.90 Å². The van der Waals surface area contributed by atoms with Crippen molar-refractivity contribution in [3.63, 3.8) is 0 Å². The molecule has 5 aromatic rings. The predicted molar refractivity (Wildman–Crippen MR) is 187 cm³/mol. The third kappa shape index (κ3) is 4.40. The Bertz CT molecular complexity index is 2070. The molecule has 0 saturated heterocycles. The highest BCUT2D eigenvalue weighted by Gasteiger charge is 2.39. The third-order valence-electron chi connectivity index (χ3n) is 9.74. The molecule has 0 aromatic heterocycles. The summed E-state index contributed by atoms with van der Waals surface area (Å²) in [7, 11) is 0. The van der Waals surface area contributed by atoms with Crippen LogP contribution in [-0.2, 0) is 5.41 Å². The van der Waals surface area contributed by atoms with Crippen molar-refractivity contribution in [1.29, 1.82) is 0 Å². The summed E-state index contributed by atoms with van der Waals surface area (Å²) in [5, 5.41) is 2.26. The number of ketones is 2. The Labute approximate surface area is 266 Å². The number of hydrogen-bond donors (Lipinski definition) is 0. The fourth-order valence-electron chi connectivity index (χ4n) is 7.48. The summed E-state index contributed by atoms with van der Waals surface area (Å²) in [6.45, 7) is 15.7. The number of hydrogen-bond acceptors (Lipinski definition) is 3. The predicted octanol–water partition coefficient (Wildman–Crippen LogP) is 11.0. The second kappa shape index (κ2) is 10.4. The molecule has 45 heavy (non-hydrogen) atoms. The average molecular weight is 590 g/mol. The number of carbonyl (C=O) groups excluding carboxylic acids is 2. The minimum Gasteiger partial charge on any atom is -0.309 e. The van der Waals surface area contributed by atoms with E-state index in [0.717, 1.165) is 16.5 Å². The number of nitrogens with zero attached hydrogens (tertiary/aromatic N) is 1. The molecule has 3 nitrogen and oxygen atoms in total. The van der Waals surface area contributed by atoms with Gasteiger partial charge in [-0.3, -0.25) is 9.59 Å². The van der Waals surface area contributed by atoms with Gasteiger partial charge in [0, 0.05) is 16.5 Å². The van der Waals surface area contributed by atoms with E-state index in [1.807, 2.05) is 25.1 Å². The van der Waals surface area contributed by atoms with E-state index in [9.17, 15) is 9.59 Å². The molecule has 0 unspecified atom stereocenters. The lowest BCUT2D eigenvalue weighted by Crippen LogP contribution is -2.32. The first-order chi connectivity index (χ1) is 21.5. The third-order valence-corrected chi connectivity index (χ3v) is 9.74. The number of Topliss-reactive ketones (excluding diaryl/α,β-unsaturated/α-hetero) is 2. The zero-order chi connectivity index (χ0) is 31.8. The molecule has 1 heterocycles. The van der Waals surface area contributed by atoms with E-state index < -0.39 is 0 Å². The lowest BCUT2D eigenvalue weighted by molar-refractivity contribution is 0.0990. The highest BCUT2D eigenvalue weighted by molar-refractivity contribution is 6.41. The molecule has 0 atom stereocenters. The van der Waals surface area contributed by atoms with Crippen LogP contribution in [0.4, 0.5) is 17.1 Å². The second-order valence-corrected chi connectivity index (χ2v) is 13.8. The number of fused-ring (bicyclic) bond motifs is 5. The summed E-state index contributed by atoms with van der Waals surface area (Å²) >= 11 is 0. The van der Waals surface area contributed by atoms with Gasteiger partial charge in [0.25, 0.3) is 0 Å². The molecule has 2 aliphatic rings. The van der Waals surface area contributed by atoms with Crippen LogP contribution in [0.3, 0.4) is 0 Å². The Morgan fingerprint density at radius 3 is 2.09 bits per heavy atom. The second-order valence-electron chi connectivity index (χ2n) is 13.8. The van der Waals surface area contributed by atoms with Crippen molar-refractivity contribution in [2.24, 2.45) is 0 Å². The molecule has 0 fully saturated rings. The molecular formula is C42H39NO2. The Morgan fingerprint density at radius 1 is 0.689 bits per heavy atom. The average Bonchev–Trinajstić information content (AvgIpc) is 3.24. The first kappa shape index (κ1) is 29.0. The molecule has 0 amide bonds. The van der Waals surface area contributed by atoms with Gasteiger partial charge in [0.15, 0.2) is 11.6 Å². The molecule has 0 radical (unpaired) electrons. The van der Waals surface area contributed by atoms with Gasteiger partial charge in [-0.05, 0) is 87.7 Å². The van der Waals surface area contributed by atoms with Crippen molar-refractivity contribution in [2.45, 2.75) is 65.7 Å². The quantitative estimate of drug-likeness (QED) is 0.155. The van der Waals surface area contributed by atoms with Crippen LogP contribution >= 0.6 is 0 Å². The minimum absolute atomic E-state index is 0.192. The molecule has 5 aromatic carbocycles. The maximum absolute atomic E-state index is 13.2. The molecular weight excluding hydrogens is 550 g/mol. The number of benzene rings is 5. The van der Waals surface area contributed by atoms with Crippen LogP contribution in [0, 0.1) is 6.92 Å². The number of carbonyl (C=O) groups is 2. The molecule has 7 rings (SSSR count). The van der Waals surface area contributed by atoms with Gasteiger partial charge in [-0.2, -0.15) is 0 Å². The molecule has 224 valence electrons. The molecule has 0 N–H and O–H groups in total. The Hall–Kier alpha value is -4.76. The molecule has 0 saturated carbocycles. The van der Waals surface area contributed by atoms with Crippen molar-refractivity contribution < 1.29 is 9.59 Å². The van der Waals surface area contributed by atoms with Crippen molar-refractivity contribution >= 4 is 45.5 Å². The molecule has 1 aliphatic heterocycles. The molecule has 0 spiro atoms. The molecule has 1 aliphatic carbocycles. The van der Waals surface area contributed by atoms with Crippen LogP contribution in [0.2, 0.25) is 0 Å². The van der Waals surface area contributed by atoms with Crippen molar-refractivity contribution in [3.8, 4) is 0 Å². The van der Waals surface area contributed by atoms with Gasteiger partial charge in [0.1, 0.15) is 0 Å². The van der Waals surface area contributed by atoms with Gasteiger partial charge in [-0.25, -0.2) is 0 Å². The van der Waals surface area contributed by atoms with Gasteiger partial charge in [0.05, 0.1) is 22.6 Å². The summed E-state index contributed by atoms with van der Waals surface area (Å²) in [5.41, 5.74) is 11.7. The number of aryl methyl sites for hydroxylation is 1.